The van der Waals surface area contributed by atoms with Crippen molar-refractivity contribution in [1.29, 1.82) is 0 Å². The summed E-state index contributed by atoms with van der Waals surface area (Å²) in [4.78, 5) is 15.8. The summed E-state index contributed by atoms with van der Waals surface area (Å²) in [5.74, 6) is 0.988. The highest BCUT2D eigenvalue weighted by molar-refractivity contribution is 5.94. The number of amides is 1. The van der Waals surface area contributed by atoms with Crippen LogP contribution in [0.25, 0.3) is 0 Å². The van der Waals surface area contributed by atoms with Gasteiger partial charge in [0, 0.05) is 42.8 Å². The van der Waals surface area contributed by atoms with Crippen molar-refractivity contribution in [3.63, 3.8) is 0 Å². The van der Waals surface area contributed by atoms with Crippen LogP contribution in [0.3, 0.4) is 0 Å². The number of unbranched alkanes of at least 4 members (excludes halogenated alkanes) is 11. The Morgan fingerprint density at radius 2 is 1.29 bits per heavy atom. The maximum Gasteiger partial charge on any atom is 0.254 e. The normalized spacial score (nSPS) is 11.5. The highest BCUT2D eigenvalue weighted by Gasteiger charge is 2.24. The van der Waals surface area contributed by atoms with E-state index in [0.29, 0.717) is 25.3 Å². The topological polar surface area (TPSA) is 33.4 Å². The van der Waals surface area contributed by atoms with Gasteiger partial charge in [0.2, 0.25) is 0 Å². The Hall–Kier alpha value is -3.14. The Balaban J connectivity index is 1.65. The number of rotatable bonds is 21. The fourth-order valence-corrected chi connectivity index (χ4v) is 5.98. The van der Waals surface area contributed by atoms with Gasteiger partial charge in [0.15, 0.2) is 12.4 Å². The molecule has 0 spiro atoms. The molecule has 4 nitrogen and oxygen atoms in total. The molecule has 0 aliphatic carbocycles. The van der Waals surface area contributed by atoms with E-state index in [9.17, 15) is 4.79 Å². The number of aryl methyl sites for hydroxylation is 1. The number of benzene rings is 2. The quantitative estimate of drug-likeness (QED) is 0.0884. The van der Waals surface area contributed by atoms with Crippen LogP contribution < -0.4 is 9.30 Å². The van der Waals surface area contributed by atoms with Crippen LogP contribution in [0.4, 0.5) is 0 Å². The summed E-state index contributed by atoms with van der Waals surface area (Å²) in [6.07, 6.45) is 21.3. The van der Waals surface area contributed by atoms with E-state index in [2.05, 4.69) is 81.9 Å². The summed E-state index contributed by atoms with van der Waals surface area (Å²) >= 11 is 0. The van der Waals surface area contributed by atoms with Gasteiger partial charge in [0.25, 0.3) is 5.91 Å². The predicted molar refractivity (Wildman–Crippen MR) is 189 cm³/mol. The molecule has 0 atom stereocenters. The fraction of sp³-hybridized carbons (Fsp3) is 0.561. The molecule has 0 saturated heterocycles. The Morgan fingerprint density at radius 3 is 1.87 bits per heavy atom. The first-order chi connectivity index (χ1) is 21.8. The molecule has 4 heteroatoms. The third-order valence-corrected chi connectivity index (χ3v) is 8.63. The number of aromatic nitrogens is 1. The number of nitrogens with zero attached hydrogens (tertiary/aromatic N) is 2. The molecule has 1 aromatic heterocycles. The van der Waals surface area contributed by atoms with Crippen LogP contribution in [0.15, 0.2) is 73.1 Å². The number of hydrogen-bond donors (Lipinski definition) is 0. The van der Waals surface area contributed by atoms with Crippen molar-refractivity contribution in [3.8, 4) is 5.75 Å². The van der Waals surface area contributed by atoms with Crippen molar-refractivity contribution in [2.75, 3.05) is 6.61 Å². The fourth-order valence-electron chi connectivity index (χ4n) is 5.98. The van der Waals surface area contributed by atoms with Crippen LogP contribution in [0.2, 0.25) is 0 Å². The van der Waals surface area contributed by atoms with Crippen LogP contribution in [0, 0.1) is 0 Å². The van der Waals surface area contributed by atoms with Gasteiger partial charge in [-0.2, -0.15) is 0 Å². The molecular weight excluding hydrogens is 552 g/mol. The van der Waals surface area contributed by atoms with Gasteiger partial charge in [0.1, 0.15) is 12.3 Å². The first kappa shape index (κ1) is 36.3. The van der Waals surface area contributed by atoms with Gasteiger partial charge in [-0.25, -0.2) is 4.57 Å². The summed E-state index contributed by atoms with van der Waals surface area (Å²) < 4.78 is 8.82. The molecule has 3 aromatic rings. The van der Waals surface area contributed by atoms with Gasteiger partial charge in [-0.15, -0.1) is 0 Å². The Bertz CT molecular complexity index is 1230. The lowest BCUT2D eigenvalue weighted by Crippen LogP contribution is -2.33. The van der Waals surface area contributed by atoms with Crippen molar-refractivity contribution in [3.05, 3.63) is 95.3 Å². The van der Waals surface area contributed by atoms with Crippen LogP contribution >= 0.6 is 0 Å². The number of carbonyl (C=O) groups excluding carboxylic acids is 1. The van der Waals surface area contributed by atoms with Gasteiger partial charge in [-0.1, -0.05) is 142 Å². The first-order valence-corrected chi connectivity index (χ1v) is 17.9. The molecule has 0 saturated carbocycles. The zero-order chi connectivity index (χ0) is 32.3. The molecule has 0 N–H and O–H groups in total. The number of para-hydroxylation sites is 1. The number of carbonyl (C=O) groups is 1. The van der Waals surface area contributed by atoms with E-state index in [-0.39, 0.29) is 11.3 Å². The van der Waals surface area contributed by atoms with Crippen molar-refractivity contribution < 1.29 is 14.1 Å². The van der Waals surface area contributed by atoms with E-state index in [1.807, 2.05) is 35.2 Å². The molecule has 1 amide bonds. The Morgan fingerprint density at radius 1 is 0.689 bits per heavy atom. The lowest BCUT2D eigenvalue weighted by Gasteiger charge is -2.28. The molecule has 246 valence electrons. The number of ether oxygens (including phenoxy) is 1. The van der Waals surface area contributed by atoms with Crippen LogP contribution in [-0.2, 0) is 25.0 Å². The van der Waals surface area contributed by atoms with Crippen molar-refractivity contribution >= 4 is 5.91 Å². The zero-order valence-corrected chi connectivity index (χ0v) is 29.2. The smallest absolute Gasteiger partial charge is 0.254 e. The summed E-state index contributed by atoms with van der Waals surface area (Å²) in [5.41, 5.74) is 4.04. The van der Waals surface area contributed by atoms with E-state index in [1.54, 1.807) is 0 Å². The van der Waals surface area contributed by atoms with Gasteiger partial charge >= 0.3 is 0 Å². The first-order valence-electron chi connectivity index (χ1n) is 17.9. The van der Waals surface area contributed by atoms with E-state index >= 15 is 0 Å². The molecule has 0 aliphatic heterocycles. The average Bonchev–Trinajstić information content (AvgIpc) is 3.04. The predicted octanol–water partition coefficient (Wildman–Crippen LogP) is 10.6. The lowest BCUT2D eigenvalue weighted by atomic mass is 9.85. The van der Waals surface area contributed by atoms with E-state index in [4.69, 9.17) is 4.74 Å². The molecule has 0 aliphatic rings. The Labute approximate surface area is 275 Å². The number of hydrogen-bond acceptors (Lipinski definition) is 2. The summed E-state index contributed by atoms with van der Waals surface area (Å²) in [5, 5.41) is 0. The minimum atomic E-state index is -0.0670. The minimum Gasteiger partial charge on any atom is -0.493 e. The largest absolute Gasteiger partial charge is 0.493 e. The molecule has 0 radical (unpaired) electrons. The van der Waals surface area contributed by atoms with Gasteiger partial charge in [0.05, 0.1) is 6.61 Å². The molecule has 3 rings (SSSR count). The third-order valence-electron chi connectivity index (χ3n) is 8.63. The van der Waals surface area contributed by atoms with E-state index in [0.717, 1.165) is 36.3 Å². The SMILES string of the molecule is CCCCCCCCCCCCCCOc1c(CN(Cc2cc[n+](CCC)cc2)C(=O)c2ccccc2)cccc1C(C)(C)C. The molecule has 0 unspecified atom stereocenters. The molecule has 2 aromatic carbocycles. The van der Waals surface area contributed by atoms with Gasteiger partial charge in [-0.05, 0) is 35.1 Å². The molecule has 0 bridgehead atoms. The van der Waals surface area contributed by atoms with Gasteiger partial charge < -0.3 is 9.64 Å². The van der Waals surface area contributed by atoms with Crippen LogP contribution in [0.5, 0.6) is 5.75 Å². The minimum absolute atomic E-state index is 0.0361. The average molecular weight is 614 g/mol. The van der Waals surface area contributed by atoms with Crippen LogP contribution in [0.1, 0.15) is 145 Å². The monoisotopic (exact) mass is 613 g/mol. The molecular formula is C41H61N2O2+. The second kappa shape index (κ2) is 20.1. The Kier molecular flexibility index (Phi) is 16.2. The molecule has 45 heavy (non-hydrogen) atoms. The molecule has 1 heterocycles. The maximum atomic E-state index is 13.9. The standard InChI is InChI=1S/C41H61N2O2/c1-6-8-9-10-11-12-13-14-15-16-17-21-32-45-39-37(25-22-26-38(39)41(3,4)5)34-43(40(44)36-23-19-18-20-24-36)33-35-27-30-42(29-7-2)31-28-35/h18-20,22-28,30-31H,6-17,21,29,32-34H2,1-5H3/q+1. The van der Waals surface area contributed by atoms with Gasteiger partial charge in [-0.3, -0.25) is 4.79 Å². The molecule has 0 fully saturated rings. The second-order valence-electron chi connectivity index (χ2n) is 13.8. The summed E-state index contributed by atoms with van der Waals surface area (Å²) in [6, 6.07) is 20.4. The van der Waals surface area contributed by atoms with E-state index in [1.165, 1.54) is 76.2 Å². The van der Waals surface area contributed by atoms with E-state index < -0.39 is 0 Å². The van der Waals surface area contributed by atoms with Crippen LogP contribution in [-0.4, -0.2) is 17.4 Å². The van der Waals surface area contributed by atoms with Crippen molar-refractivity contribution in [1.82, 2.24) is 4.90 Å². The lowest BCUT2D eigenvalue weighted by molar-refractivity contribution is -0.697. The zero-order valence-electron chi connectivity index (χ0n) is 29.2. The summed E-state index contributed by atoms with van der Waals surface area (Å²) in [6.45, 7) is 13.9. The number of pyridine rings is 1. The van der Waals surface area contributed by atoms with Crippen molar-refractivity contribution in [2.24, 2.45) is 0 Å². The highest BCUT2D eigenvalue weighted by atomic mass is 16.5. The maximum absolute atomic E-state index is 13.9. The third kappa shape index (κ3) is 13.0. The highest BCUT2D eigenvalue weighted by Crippen LogP contribution is 2.35. The second-order valence-corrected chi connectivity index (χ2v) is 13.8. The summed E-state index contributed by atoms with van der Waals surface area (Å²) in [7, 11) is 0. The van der Waals surface area contributed by atoms with Crippen molar-refractivity contribution in [2.45, 2.75) is 143 Å².